The topological polar surface area (TPSA) is 88.9 Å². The molecule has 0 saturated carbocycles. The molecule has 24 heavy (non-hydrogen) atoms. The van der Waals surface area contributed by atoms with Gasteiger partial charge in [-0.15, -0.1) is 21.5 Å². The molecule has 2 rings (SSSR count). The molecule has 0 aliphatic heterocycles. The molecule has 0 atom stereocenters. The smallest absolute Gasteiger partial charge is 0.321 e. The molecular weight excluding hydrogens is 346 g/mol. The van der Waals surface area contributed by atoms with Crippen LogP contribution in [0.25, 0.3) is 10.7 Å². The van der Waals surface area contributed by atoms with Gasteiger partial charge < -0.3 is 9.88 Å². The first-order valence-electron chi connectivity index (χ1n) is 7.68. The van der Waals surface area contributed by atoms with E-state index in [1.165, 1.54) is 11.8 Å². The van der Waals surface area contributed by atoms with Gasteiger partial charge in [-0.3, -0.25) is 10.1 Å². The van der Waals surface area contributed by atoms with Crippen LogP contribution in [-0.4, -0.2) is 39.0 Å². The van der Waals surface area contributed by atoms with Crippen molar-refractivity contribution in [3.63, 3.8) is 0 Å². The van der Waals surface area contributed by atoms with E-state index in [0.29, 0.717) is 24.2 Å². The highest BCUT2D eigenvalue weighted by molar-refractivity contribution is 7.99. The summed E-state index contributed by atoms with van der Waals surface area (Å²) in [6.07, 6.45) is 0. The Morgan fingerprint density at radius 3 is 2.79 bits per heavy atom. The minimum Gasteiger partial charge on any atom is -0.338 e. The predicted octanol–water partition coefficient (Wildman–Crippen LogP) is 2.60. The molecule has 0 aromatic carbocycles. The van der Waals surface area contributed by atoms with Gasteiger partial charge >= 0.3 is 6.03 Å². The summed E-state index contributed by atoms with van der Waals surface area (Å²) < 4.78 is 1.96. The molecule has 0 radical (unpaired) electrons. The molecule has 0 unspecified atom stereocenters. The number of hydrogen-bond acceptors (Lipinski definition) is 6. The van der Waals surface area contributed by atoms with Crippen molar-refractivity contribution in [3.8, 4) is 10.7 Å². The van der Waals surface area contributed by atoms with Crippen molar-refractivity contribution in [2.45, 2.75) is 32.5 Å². The number of carbonyl (C=O) groups excluding carboxylic acids is 2. The summed E-state index contributed by atoms with van der Waals surface area (Å²) in [6.45, 7) is 7.21. The third-order valence-electron chi connectivity index (χ3n) is 3.03. The second-order valence-corrected chi connectivity index (χ2v) is 7.36. The standard InChI is InChI=1S/C15H21N5O2S2/c1-4-20-13(11-6-5-7-23-11)18-19-15(20)24-9-12(21)17-14(22)16-8-10(2)3/h5-7,10H,4,8-9H2,1-3H3,(H2,16,17,21,22). The number of aromatic nitrogens is 3. The van der Waals surface area contributed by atoms with Crippen LogP contribution in [-0.2, 0) is 11.3 Å². The first-order valence-corrected chi connectivity index (χ1v) is 9.55. The average molecular weight is 368 g/mol. The molecule has 2 N–H and O–H groups in total. The largest absolute Gasteiger partial charge is 0.338 e. The number of nitrogens with zero attached hydrogens (tertiary/aromatic N) is 3. The highest BCUT2D eigenvalue weighted by Gasteiger charge is 2.16. The van der Waals surface area contributed by atoms with Crippen molar-refractivity contribution in [2.24, 2.45) is 5.92 Å². The Balaban J connectivity index is 1.90. The Labute approximate surface area is 149 Å². The van der Waals surface area contributed by atoms with Crippen molar-refractivity contribution < 1.29 is 9.59 Å². The van der Waals surface area contributed by atoms with Gasteiger partial charge in [0.1, 0.15) is 0 Å². The number of nitrogens with one attached hydrogen (secondary N) is 2. The minimum atomic E-state index is -0.467. The Morgan fingerprint density at radius 1 is 1.38 bits per heavy atom. The van der Waals surface area contributed by atoms with E-state index >= 15 is 0 Å². The summed E-state index contributed by atoms with van der Waals surface area (Å²) in [5.41, 5.74) is 0. The molecule has 0 saturated heterocycles. The molecular formula is C15H21N5O2S2. The fourth-order valence-electron chi connectivity index (χ4n) is 1.90. The van der Waals surface area contributed by atoms with Crippen molar-refractivity contribution in [1.29, 1.82) is 0 Å². The third kappa shape index (κ3) is 5.07. The highest BCUT2D eigenvalue weighted by atomic mass is 32.2. The molecule has 0 aliphatic rings. The van der Waals surface area contributed by atoms with E-state index in [-0.39, 0.29) is 11.7 Å². The number of hydrogen-bond donors (Lipinski definition) is 2. The van der Waals surface area contributed by atoms with Gasteiger partial charge in [-0.25, -0.2) is 4.79 Å². The minimum absolute atomic E-state index is 0.109. The molecule has 0 fully saturated rings. The fourth-order valence-corrected chi connectivity index (χ4v) is 3.42. The molecule has 130 valence electrons. The SMILES string of the molecule is CCn1c(SCC(=O)NC(=O)NCC(C)C)nnc1-c1cccs1. The lowest BCUT2D eigenvalue weighted by Crippen LogP contribution is -2.41. The predicted molar refractivity (Wildman–Crippen MR) is 96.1 cm³/mol. The summed E-state index contributed by atoms with van der Waals surface area (Å²) in [5, 5.41) is 16.0. The first kappa shape index (κ1) is 18.5. The monoisotopic (exact) mass is 367 g/mol. The molecule has 0 aliphatic carbocycles. The van der Waals surface area contributed by atoms with Crippen LogP contribution in [0.2, 0.25) is 0 Å². The van der Waals surface area contributed by atoms with E-state index in [2.05, 4.69) is 20.8 Å². The van der Waals surface area contributed by atoms with Gasteiger partial charge in [0, 0.05) is 13.1 Å². The summed E-state index contributed by atoms with van der Waals surface area (Å²) in [5.74, 6) is 0.881. The van der Waals surface area contributed by atoms with E-state index in [1.54, 1.807) is 11.3 Å². The van der Waals surface area contributed by atoms with Crippen molar-refractivity contribution in [3.05, 3.63) is 17.5 Å². The van der Waals surface area contributed by atoms with Crippen molar-refractivity contribution in [1.82, 2.24) is 25.4 Å². The maximum atomic E-state index is 11.9. The number of urea groups is 1. The first-order chi connectivity index (χ1) is 11.5. The maximum Gasteiger partial charge on any atom is 0.321 e. The summed E-state index contributed by atoms with van der Waals surface area (Å²) in [4.78, 5) is 24.5. The van der Waals surface area contributed by atoms with Gasteiger partial charge in [-0.1, -0.05) is 31.7 Å². The average Bonchev–Trinajstić information content (AvgIpc) is 3.19. The summed E-state index contributed by atoms with van der Waals surface area (Å²) >= 11 is 2.86. The Kier molecular flexibility index (Phi) is 6.80. The van der Waals surface area contributed by atoms with Crippen LogP contribution in [0.5, 0.6) is 0 Å². The summed E-state index contributed by atoms with van der Waals surface area (Å²) in [6, 6.07) is 3.48. The molecule has 3 amide bonds. The van der Waals surface area contributed by atoms with E-state index in [0.717, 1.165) is 10.7 Å². The molecule has 2 heterocycles. The van der Waals surface area contributed by atoms with E-state index < -0.39 is 6.03 Å². The number of carbonyl (C=O) groups is 2. The van der Waals surface area contributed by atoms with Gasteiger partial charge in [0.25, 0.3) is 0 Å². The molecule has 7 nitrogen and oxygen atoms in total. The van der Waals surface area contributed by atoms with Crippen LogP contribution < -0.4 is 10.6 Å². The van der Waals surface area contributed by atoms with Gasteiger partial charge in [0.2, 0.25) is 5.91 Å². The zero-order chi connectivity index (χ0) is 17.5. The van der Waals surface area contributed by atoms with E-state index in [9.17, 15) is 9.59 Å². The molecule has 2 aromatic rings. The second-order valence-electron chi connectivity index (χ2n) is 5.47. The van der Waals surface area contributed by atoms with Gasteiger partial charge in [0.15, 0.2) is 11.0 Å². The number of thiophene rings is 1. The number of thioether (sulfide) groups is 1. The molecule has 0 bridgehead atoms. The zero-order valence-corrected chi connectivity index (χ0v) is 15.5. The van der Waals surface area contributed by atoms with Gasteiger partial charge in [0.05, 0.1) is 10.6 Å². The van der Waals surface area contributed by atoms with Crippen LogP contribution in [0.3, 0.4) is 0 Å². The van der Waals surface area contributed by atoms with Gasteiger partial charge in [-0.2, -0.15) is 0 Å². The molecule has 2 aromatic heterocycles. The Bertz CT molecular complexity index is 682. The maximum absolute atomic E-state index is 11.9. The lowest BCUT2D eigenvalue weighted by molar-refractivity contribution is -0.117. The number of amides is 3. The van der Waals surface area contributed by atoms with Crippen molar-refractivity contribution >= 4 is 35.0 Å². The number of imide groups is 1. The van der Waals surface area contributed by atoms with E-state index in [4.69, 9.17) is 0 Å². The molecule has 0 spiro atoms. The lowest BCUT2D eigenvalue weighted by Gasteiger charge is -2.09. The quantitative estimate of drug-likeness (QED) is 0.734. The van der Waals surface area contributed by atoms with E-state index in [1.807, 2.05) is 42.9 Å². The zero-order valence-electron chi connectivity index (χ0n) is 13.9. The Hall–Kier alpha value is -1.87. The third-order valence-corrected chi connectivity index (χ3v) is 4.86. The van der Waals surface area contributed by atoms with Crippen molar-refractivity contribution in [2.75, 3.05) is 12.3 Å². The summed E-state index contributed by atoms with van der Waals surface area (Å²) in [7, 11) is 0. The van der Waals surface area contributed by atoms with Crippen LogP contribution in [0, 0.1) is 5.92 Å². The van der Waals surface area contributed by atoms with Crippen LogP contribution >= 0.6 is 23.1 Å². The van der Waals surface area contributed by atoms with Crippen LogP contribution in [0.1, 0.15) is 20.8 Å². The van der Waals surface area contributed by atoms with Crippen LogP contribution in [0.4, 0.5) is 4.79 Å². The lowest BCUT2D eigenvalue weighted by atomic mass is 10.2. The highest BCUT2D eigenvalue weighted by Crippen LogP contribution is 2.26. The van der Waals surface area contributed by atoms with Crippen LogP contribution in [0.15, 0.2) is 22.7 Å². The Morgan fingerprint density at radius 2 is 2.17 bits per heavy atom. The second kappa shape index (κ2) is 8.84. The van der Waals surface area contributed by atoms with Gasteiger partial charge in [-0.05, 0) is 24.3 Å². The number of rotatable bonds is 7. The molecule has 9 heteroatoms. The fraction of sp³-hybridized carbons (Fsp3) is 0.467. The normalized spacial score (nSPS) is 10.8.